The van der Waals surface area contributed by atoms with Gasteiger partial charge in [0.15, 0.2) is 5.05 Å². The summed E-state index contributed by atoms with van der Waals surface area (Å²) in [6, 6.07) is 39.7. The molecule has 29 nitrogen and oxygen atoms in total. The molecule has 7 rings (SSSR count). The maximum Gasteiger partial charge on any atom is 0.408 e. The second-order valence-corrected chi connectivity index (χ2v) is 36.6. The van der Waals surface area contributed by atoms with Crippen LogP contribution in [-0.2, 0) is 91.9 Å². The van der Waals surface area contributed by atoms with E-state index < -0.39 is 185 Å². The highest BCUT2D eigenvalue weighted by molar-refractivity contribution is 7.80. The highest BCUT2D eigenvalue weighted by atomic mass is 32.1. The Hall–Kier alpha value is -11.9. The van der Waals surface area contributed by atoms with Crippen molar-refractivity contribution in [1.82, 2.24) is 66.6 Å². The van der Waals surface area contributed by atoms with Gasteiger partial charge in [0.05, 0.1) is 12.6 Å². The van der Waals surface area contributed by atoms with Gasteiger partial charge in [-0.3, -0.25) is 57.5 Å². The average molecular weight is 1800 g/mol. The van der Waals surface area contributed by atoms with Gasteiger partial charge in [0.2, 0.25) is 70.9 Å². The Bertz CT molecular complexity index is 4640. The second-order valence-electron chi connectivity index (χ2n) is 36.1. The molecular formula is C99H135N13O16S. The number of alkyl carbamates (subject to hydrolysis) is 1. The molecular weight excluding hydrogens is 1660 g/mol. The lowest BCUT2D eigenvalue weighted by Crippen LogP contribution is -2.63. The zero-order valence-corrected chi connectivity index (χ0v) is 79.0. The predicted molar refractivity (Wildman–Crippen MR) is 499 cm³/mol. The first-order valence-corrected chi connectivity index (χ1v) is 44.9. The highest BCUT2D eigenvalue weighted by Gasteiger charge is 2.47. The Kier molecular flexibility index (Phi) is 39.6. The van der Waals surface area contributed by atoms with Gasteiger partial charge < -0.3 is 81.2 Å². The van der Waals surface area contributed by atoms with E-state index in [1.165, 1.54) is 61.8 Å². The summed E-state index contributed by atoms with van der Waals surface area (Å²) in [5.41, 5.74) is 1.42. The fourth-order valence-corrected chi connectivity index (χ4v) is 16.2. The minimum atomic E-state index is -1.68. The van der Waals surface area contributed by atoms with E-state index in [1.807, 2.05) is 119 Å². The van der Waals surface area contributed by atoms with Gasteiger partial charge in [0.25, 0.3) is 0 Å². The van der Waals surface area contributed by atoms with Crippen LogP contribution in [-0.4, -0.2) is 250 Å². The number of aliphatic hydroxyl groups excluding tert-OH is 1. The number of likely N-dealkylation sites (N-methyl/N-ethyl adjacent to an activating group) is 5. The normalized spacial score (nSPS) is 15.1. The number of benzene rings is 6. The number of nitrogens with one attached hydrogen (secondary N) is 7. The van der Waals surface area contributed by atoms with Crippen LogP contribution in [0.1, 0.15) is 169 Å². The van der Waals surface area contributed by atoms with Crippen molar-refractivity contribution in [3.63, 3.8) is 0 Å². The van der Waals surface area contributed by atoms with E-state index in [2.05, 4.69) is 37.2 Å². The summed E-state index contributed by atoms with van der Waals surface area (Å²) in [6.07, 6.45) is -0.323. The third kappa shape index (κ3) is 29.8. The number of carbonyl (C=O) groups is 13. The van der Waals surface area contributed by atoms with E-state index in [0.29, 0.717) is 46.5 Å². The van der Waals surface area contributed by atoms with E-state index in [9.17, 15) is 29.1 Å². The van der Waals surface area contributed by atoms with Crippen LogP contribution in [0.4, 0.5) is 4.79 Å². The number of nitrogens with zero attached hydrogens (tertiary/aromatic N) is 6. The molecule has 0 aromatic heterocycles. The van der Waals surface area contributed by atoms with Crippen LogP contribution in [0.25, 0.3) is 0 Å². The van der Waals surface area contributed by atoms with Gasteiger partial charge in [0.1, 0.15) is 77.7 Å². The molecule has 6 aromatic rings. The zero-order chi connectivity index (χ0) is 95.3. The summed E-state index contributed by atoms with van der Waals surface area (Å²) in [5.74, 6) is -10.4. The SMILES string of the molecule is CC(C)C[C@@H](C(=O)N(C)[C@H](C(=O)N[C@@H](Cc1ccccc1)C(=O)N[C@@H](CC(O)=S)C(=O)N(C)[C@@H](Cc1ccccc1)C(=O)N[C@@H](C)C(=O)N1CCCCC1)C(C)C)N(C)C(=O)CNC(=O)[C@H](Cc1ccccc1)N(C)C(=O)[C@@H](NC(=O)[C@H](CC(C)C)N(C)C(=O)[C@@H](NC(=O)[C@H](C)NC(=O)OC(C)(C)C)C(C)C)[C@@H](C)OC(c1ccccc1)(c1ccccc1)c1ccccc1. The smallest absolute Gasteiger partial charge is 0.408 e. The lowest BCUT2D eigenvalue weighted by molar-refractivity contribution is -0.151. The first-order valence-electron chi connectivity index (χ1n) is 44.5. The van der Waals surface area contributed by atoms with Gasteiger partial charge in [-0.15, -0.1) is 0 Å². The lowest BCUT2D eigenvalue weighted by Gasteiger charge is -2.41. The van der Waals surface area contributed by atoms with Crippen LogP contribution in [0.5, 0.6) is 0 Å². The monoisotopic (exact) mass is 1790 g/mol. The minimum Gasteiger partial charge on any atom is -0.502 e. The fraction of sp³-hybridized carbons (Fsp3) is 0.495. The predicted octanol–water partition coefficient (Wildman–Crippen LogP) is 9.41. The number of amides is 13. The number of hydrogen-bond donors (Lipinski definition) is 8. The summed E-state index contributed by atoms with van der Waals surface area (Å²) in [6.45, 7) is 24.3. The van der Waals surface area contributed by atoms with E-state index in [4.69, 9.17) is 21.7 Å². The summed E-state index contributed by atoms with van der Waals surface area (Å²) in [4.78, 5) is 201. The number of hydrogen-bond acceptors (Lipinski definition) is 16. The first kappa shape index (κ1) is 104. The van der Waals surface area contributed by atoms with E-state index in [-0.39, 0.29) is 49.8 Å². The molecule has 0 bridgehead atoms. The summed E-state index contributed by atoms with van der Waals surface area (Å²) in [7, 11) is 7.01. The molecule has 698 valence electrons. The number of ether oxygens (including phenoxy) is 2. The molecule has 6 aromatic carbocycles. The molecule has 0 unspecified atom stereocenters. The molecule has 129 heavy (non-hydrogen) atoms. The van der Waals surface area contributed by atoms with Crippen molar-refractivity contribution in [2.24, 2.45) is 23.7 Å². The Balaban J connectivity index is 1.19. The van der Waals surface area contributed by atoms with Crippen LogP contribution in [0.2, 0.25) is 0 Å². The second kappa shape index (κ2) is 49.0. The molecule has 8 N–H and O–H groups in total. The molecule has 1 saturated heterocycles. The number of thiocarbonyl (C=S) groups is 1. The first-order chi connectivity index (χ1) is 61.0. The maximum absolute atomic E-state index is 16.4. The molecule has 1 heterocycles. The van der Waals surface area contributed by atoms with E-state index in [0.717, 1.165) is 24.2 Å². The van der Waals surface area contributed by atoms with Crippen LogP contribution in [0.15, 0.2) is 182 Å². The molecule has 30 heteroatoms. The number of rotatable bonds is 44. The number of piperidine rings is 1. The van der Waals surface area contributed by atoms with Crippen molar-refractivity contribution < 1.29 is 76.9 Å². The Morgan fingerprint density at radius 1 is 0.411 bits per heavy atom. The lowest BCUT2D eigenvalue weighted by atomic mass is 9.79. The van der Waals surface area contributed by atoms with Crippen LogP contribution in [0, 0.1) is 23.7 Å². The van der Waals surface area contributed by atoms with Gasteiger partial charge >= 0.3 is 6.09 Å². The molecule has 12 atom stereocenters. The summed E-state index contributed by atoms with van der Waals surface area (Å²) < 4.78 is 12.9. The molecule has 0 spiro atoms. The molecule has 1 fully saturated rings. The van der Waals surface area contributed by atoms with Crippen LogP contribution in [0.3, 0.4) is 0 Å². The third-order valence-electron chi connectivity index (χ3n) is 23.1. The number of aliphatic hydroxyl groups is 1. The van der Waals surface area contributed by atoms with E-state index >= 15 is 38.4 Å². The molecule has 0 radical (unpaired) electrons. The summed E-state index contributed by atoms with van der Waals surface area (Å²) in [5, 5.41) is 29.6. The zero-order valence-electron chi connectivity index (χ0n) is 78.2. The Labute approximate surface area is 766 Å². The molecule has 13 amide bonds. The average Bonchev–Trinajstić information content (AvgIpc) is 0.747. The van der Waals surface area contributed by atoms with Gasteiger partial charge in [-0.2, -0.15) is 0 Å². The van der Waals surface area contributed by atoms with Crippen LogP contribution < -0.4 is 37.2 Å². The Morgan fingerprint density at radius 2 is 0.822 bits per heavy atom. The molecule has 1 aliphatic rings. The van der Waals surface area contributed by atoms with Gasteiger partial charge in [-0.25, -0.2) is 4.79 Å². The standard InChI is InChI=1S/C99H135N13O16S/c1-62(2)55-77(109(17)95(124)83(64(5)6)105-86(115)66(9)102-97(126)128-98(12,13)14)90(119)106-84(68(11)127-99(72-47-33-23-34-48-72,73-49-35-24-36-50-73)74-51-37-25-38-52-74)96(125)110(18)78(58-70-43-29-21-30-44-70)88(117)100-61-81(113)107(15)80(56-63(3)4)94(123)111(19)85(65(7)8)91(120)103-75(57-69-41-27-20-28-42-69)87(116)104-76(60-82(114)129)93(122)108(16)79(59-71-45-31-22-32-46-71)89(118)101-67(10)92(121)112-53-39-26-40-54-112/h20-25,27-38,41-52,62-68,75-80,83-85H,26,39-40,53-61H2,1-19H3,(H,100,117)(H,101,118)(H,102,126)(H,103,120)(H,104,116)(H,105,115)(H,106,119)(H,114,129)/t66-,67-,68+,75-,76-,77-,78-,79-,80-,83-,84-,85-/m0/s1. The van der Waals surface area contributed by atoms with Gasteiger partial charge in [-0.1, -0.05) is 237 Å². The van der Waals surface area contributed by atoms with Crippen molar-refractivity contribution in [2.75, 3.05) is 54.9 Å². The maximum atomic E-state index is 16.4. The van der Waals surface area contributed by atoms with Crippen molar-refractivity contribution in [3.05, 3.63) is 215 Å². The molecule has 0 saturated carbocycles. The van der Waals surface area contributed by atoms with Gasteiger partial charge in [0, 0.05) is 74.0 Å². The topological polar surface area (TPSA) is 364 Å². The van der Waals surface area contributed by atoms with Crippen molar-refractivity contribution in [1.29, 1.82) is 0 Å². The number of carbonyl (C=O) groups excluding carboxylic acids is 13. The molecule has 0 aliphatic carbocycles. The highest BCUT2D eigenvalue weighted by Crippen LogP contribution is 2.42. The van der Waals surface area contributed by atoms with E-state index in [1.54, 1.807) is 158 Å². The fourth-order valence-electron chi connectivity index (χ4n) is 16.0. The largest absolute Gasteiger partial charge is 0.502 e. The minimum absolute atomic E-state index is 0.0113. The van der Waals surface area contributed by atoms with Crippen molar-refractivity contribution in [2.45, 2.75) is 238 Å². The summed E-state index contributed by atoms with van der Waals surface area (Å²) >= 11 is 5.15. The van der Waals surface area contributed by atoms with Crippen molar-refractivity contribution in [3.8, 4) is 0 Å². The van der Waals surface area contributed by atoms with Crippen LogP contribution >= 0.6 is 12.2 Å². The van der Waals surface area contributed by atoms with Gasteiger partial charge in [-0.05, 0) is 143 Å². The molecule has 1 aliphatic heterocycles. The number of likely N-dealkylation sites (tertiary alicyclic amines) is 1. The van der Waals surface area contributed by atoms with Crippen molar-refractivity contribution >= 4 is 94.2 Å². The quantitative estimate of drug-likeness (QED) is 0.0130. The Morgan fingerprint density at radius 3 is 1.27 bits per heavy atom. The third-order valence-corrected chi connectivity index (χ3v) is 23.3.